The zero-order chi connectivity index (χ0) is 106. The van der Waals surface area contributed by atoms with Crippen molar-refractivity contribution in [1.29, 1.82) is 0 Å². The molecule has 780 valence electrons. The van der Waals surface area contributed by atoms with Crippen LogP contribution >= 0.6 is 0 Å². The number of hydrogen-bond donors (Lipinski definition) is 0. The molecular formula is C133H184Ar4N4O2. The molecule has 10 heteroatoms. The monoisotopic (exact) mass is 2030 g/mol. The Labute approximate surface area is 993 Å². The number of carbonyl (C=O) groups excluding carboxylic acids is 2. The number of carbonyl (C=O) groups is 2. The van der Waals surface area contributed by atoms with Gasteiger partial charge in [0.15, 0.2) is 11.6 Å². The molecule has 0 saturated carbocycles. The van der Waals surface area contributed by atoms with Gasteiger partial charge in [-0.05, 0) is 176 Å². The zero-order valence-corrected chi connectivity index (χ0v) is 98.8. The number of aryl methyl sites for hydroxylation is 6. The molecule has 3 aliphatic carbocycles. The van der Waals surface area contributed by atoms with E-state index in [0.717, 1.165) is 104 Å². The summed E-state index contributed by atoms with van der Waals surface area (Å²) in [5.41, 5.74) is 31.1. The number of aromatic nitrogens is 4. The average Bonchev–Trinajstić information content (AvgIpc) is 1.55. The summed E-state index contributed by atoms with van der Waals surface area (Å²) in [6, 6.07) is 111. The zero-order valence-electron chi connectivity index (χ0n) is 95.9. The quantitative estimate of drug-likeness (QED) is 0.141. The van der Waals surface area contributed by atoms with Crippen LogP contribution in [0.4, 0.5) is 0 Å². The van der Waals surface area contributed by atoms with Crippen molar-refractivity contribution in [2.75, 3.05) is 0 Å². The Morgan fingerprint density at radius 3 is 0.825 bits per heavy atom. The largest absolute Gasteiger partial charge is 0.295 e. The molecule has 4 aromatic heterocycles. The number of fused-ring (bicyclic) bond motifs is 13. The normalized spacial score (nSPS) is 11.4. The summed E-state index contributed by atoms with van der Waals surface area (Å²) < 4.78 is 0. The molecule has 0 saturated heterocycles. The van der Waals surface area contributed by atoms with Gasteiger partial charge in [-0.2, -0.15) is 0 Å². The van der Waals surface area contributed by atoms with Crippen LogP contribution in [-0.2, 0) is 36.5 Å². The van der Waals surface area contributed by atoms with Gasteiger partial charge in [0.05, 0.1) is 44.8 Å². The van der Waals surface area contributed by atoms with Gasteiger partial charge >= 0.3 is 0 Å². The van der Waals surface area contributed by atoms with Crippen LogP contribution in [0.5, 0.6) is 0 Å². The van der Waals surface area contributed by atoms with Crippen LogP contribution in [0.3, 0.4) is 0 Å². The van der Waals surface area contributed by atoms with Crippen molar-refractivity contribution in [3.8, 4) is 45.0 Å². The van der Waals surface area contributed by atoms with E-state index in [-0.39, 0.29) is 173 Å². The van der Waals surface area contributed by atoms with Crippen LogP contribution in [0.2, 0.25) is 0 Å². The number of benzene rings is 12. The number of hydrogen-bond acceptors (Lipinski definition) is 6. The van der Waals surface area contributed by atoms with Crippen molar-refractivity contribution in [2.45, 2.75) is 320 Å². The molecule has 0 fully saturated rings. The van der Waals surface area contributed by atoms with Gasteiger partial charge in [0, 0.05) is 222 Å². The van der Waals surface area contributed by atoms with Crippen LogP contribution in [0.1, 0.15) is 363 Å². The van der Waals surface area contributed by atoms with E-state index in [0.29, 0.717) is 0 Å². The van der Waals surface area contributed by atoms with E-state index in [1.165, 1.54) is 94.0 Å². The van der Waals surface area contributed by atoms with Gasteiger partial charge in [0.25, 0.3) is 0 Å². The van der Waals surface area contributed by atoms with Gasteiger partial charge in [-0.15, -0.1) is 0 Å². The molecule has 0 spiro atoms. The smallest absolute Gasteiger partial charge is 0.195 e. The molecule has 12 aromatic carbocycles. The molecule has 2 unspecified atom stereocenters. The molecule has 0 N–H and O–H groups in total. The molecule has 3 aliphatic rings. The Hall–Kier alpha value is -7.34. The fourth-order valence-electron chi connectivity index (χ4n) is 16.0. The van der Waals surface area contributed by atoms with Crippen LogP contribution in [-0.4, -0.2) is 31.5 Å². The molecule has 19 rings (SSSR count). The van der Waals surface area contributed by atoms with Crippen LogP contribution in [0.25, 0.3) is 88.6 Å². The van der Waals surface area contributed by atoms with E-state index < -0.39 is 0 Å². The number of Topliss-reactive ketones (excluding diaryl/α,β-unsaturated/α-hetero) is 1. The Kier molecular flexibility index (Phi) is 92.2. The van der Waals surface area contributed by atoms with Gasteiger partial charge in [-0.1, -0.05) is 522 Å². The summed E-state index contributed by atoms with van der Waals surface area (Å²) in [6.07, 6.45) is 4.14. The molecule has 16 aromatic rings. The topological polar surface area (TPSA) is 85.7 Å². The predicted octanol–water partition coefficient (Wildman–Crippen LogP) is 41.3. The molecule has 6 nitrogen and oxygen atoms in total. The summed E-state index contributed by atoms with van der Waals surface area (Å²) in [5.74, 6) is 0.237. The van der Waals surface area contributed by atoms with E-state index in [4.69, 9.17) is 15.0 Å². The first-order chi connectivity index (χ1) is 68.2. The standard InChI is InChI=1S/2C25H21N.C16H9NO.C16H13N.C10H12O.C9H12.16C2H6.4Ar/c2*1-3-17-10-4-7-13-20(17)25(2)21-14-8-6-12-19(21)24-22(25)16-18-11-5-9-15-23(18)26-24;18-16-12-7-3-2-6-11(12)15-13(16)9-10-5-1-4-8-14(10)17-15;1-12-11-14-9-5-6-10-15(14)17-16(12)13-7-3-2-4-8-13;1-3-9-6-4-5-7-10(9)8(2)11;1-3-9-7-5-4-6-8(9)2;16*1-2;;;;/h2*4-16H,3H2,1-2H3;1-9H;2-11H,1H3;4-7H,3H2,1-2H3;4-7H,3H2,1-2H3;16*1-2H3;;;;. The van der Waals surface area contributed by atoms with E-state index in [1.807, 2.05) is 331 Å². The van der Waals surface area contributed by atoms with Gasteiger partial charge in [-0.3, -0.25) is 9.59 Å². The second-order valence-electron chi connectivity index (χ2n) is 28.0. The Morgan fingerprint density at radius 1 is 0.231 bits per heavy atom. The fraction of sp³-hybridized carbons (Fsp3) is 0.353. The second-order valence-corrected chi connectivity index (χ2v) is 28.0. The van der Waals surface area contributed by atoms with Gasteiger partial charge in [-0.25, -0.2) is 19.9 Å². The van der Waals surface area contributed by atoms with Crippen molar-refractivity contribution < 1.29 is 161 Å². The van der Waals surface area contributed by atoms with Gasteiger partial charge in [0.1, 0.15) is 0 Å². The van der Waals surface area contributed by atoms with E-state index in [2.05, 4.69) is 273 Å². The molecule has 0 aliphatic heterocycles. The van der Waals surface area contributed by atoms with E-state index in [1.54, 1.807) is 6.92 Å². The minimum atomic E-state index is -0.171. The molecule has 2 atom stereocenters. The summed E-state index contributed by atoms with van der Waals surface area (Å²) in [5, 5.41) is 4.63. The third kappa shape index (κ3) is 40.6. The van der Waals surface area contributed by atoms with Crippen molar-refractivity contribution in [3.63, 3.8) is 0 Å². The summed E-state index contributed by atoms with van der Waals surface area (Å²) in [4.78, 5) is 42.8. The van der Waals surface area contributed by atoms with E-state index >= 15 is 0 Å². The number of rotatable bonds is 8. The van der Waals surface area contributed by atoms with Crippen molar-refractivity contribution in [1.82, 2.24) is 19.9 Å². The van der Waals surface area contributed by atoms with Crippen molar-refractivity contribution in [2.24, 2.45) is 0 Å². The fourth-order valence-corrected chi connectivity index (χ4v) is 16.0. The number of para-hydroxylation sites is 4. The maximum atomic E-state index is 12.3. The second kappa shape index (κ2) is 88.7. The summed E-state index contributed by atoms with van der Waals surface area (Å²) in [6.45, 7) is 83.3. The maximum Gasteiger partial charge on any atom is 0.195 e. The first-order valence-electron chi connectivity index (χ1n) is 53.5. The Balaban J connectivity index is -0.000000298. The molecule has 0 radical (unpaired) electrons. The number of pyridine rings is 4. The number of ketones is 2. The minimum Gasteiger partial charge on any atom is -0.295 e. The number of nitrogens with zero attached hydrogens (tertiary/aromatic N) is 4. The van der Waals surface area contributed by atoms with Crippen molar-refractivity contribution >= 4 is 55.2 Å². The minimum absolute atomic E-state index is 0. The SMILES string of the molecule is CC.CC.CC.CC.CC.CC.CC.CC.CC.CC.CC.CC.CC.CC.CC.CC.CCc1ccccc1C.CCc1ccccc1C(C)=O.CCc1ccccc1C1(C)c2ccccc2-c2nc3ccccc3cc21.CCc1ccccc1C1(C)c2ccccc2-c2nc3ccccc3cc21.Cc1cc2ccccc2nc1-c1ccccc1.O=C1c2ccccc2-c2nc3ccccc3cc21.[Ar].[Ar].[Ar].[Ar]. The van der Waals surface area contributed by atoms with Crippen molar-refractivity contribution in [3.05, 3.63) is 405 Å². The van der Waals surface area contributed by atoms with Gasteiger partial charge < -0.3 is 0 Å². The summed E-state index contributed by atoms with van der Waals surface area (Å²) >= 11 is 0. The average molecular weight is 2030 g/mol. The first-order valence-corrected chi connectivity index (χ1v) is 53.5. The molecule has 0 amide bonds. The Bertz CT molecular complexity index is 5820. The van der Waals surface area contributed by atoms with E-state index in [9.17, 15) is 9.59 Å². The predicted molar refractivity (Wildman–Crippen MR) is 628 cm³/mol. The third-order valence-electron chi connectivity index (χ3n) is 21.6. The molecule has 0 bridgehead atoms. The molecule has 4 heterocycles. The third-order valence-corrected chi connectivity index (χ3v) is 21.6. The van der Waals surface area contributed by atoms with Crippen LogP contribution in [0, 0.1) is 165 Å². The first kappa shape index (κ1) is 149. The van der Waals surface area contributed by atoms with Crippen LogP contribution < -0.4 is 0 Å². The Morgan fingerprint density at radius 2 is 0.490 bits per heavy atom. The molecule has 143 heavy (non-hydrogen) atoms. The summed E-state index contributed by atoms with van der Waals surface area (Å²) in [7, 11) is 0. The maximum absolute atomic E-state index is 12.3. The molecular weight excluding hydrogens is 1850 g/mol. The van der Waals surface area contributed by atoms with Crippen LogP contribution in [0.15, 0.2) is 322 Å². The van der Waals surface area contributed by atoms with Gasteiger partial charge in [0.2, 0.25) is 0 Å².